The molecule has 136 valence electrons. The third-order valence-electron chi connectivity index (χ3n) is 4.46. The van der Waals surface area contributed by atoms with Crippen LogP contribution in [0, 0.1) is 13.8 Å². The summed E-state index contributed by atoms with van der Waals surface area (Å²) in [5.74, 6) is 0.421. The maximum Gasteiger partial charge on any atom is 0.254 e. The maximum absolute atomic E-state index is 12.2. The maximum atomic E-state index is 12.2. The molecular formula is C19H22N4O3. The first-order valence-corrected chi connectivity index (χ1v) is 8.66. The molecule has 7 heteroatoms. The van der Waals surface area contributed by atoms with Crippen LogP contribution in [0.1, 0.15) is 35.5 Å². The third-order valence-corrected chi connectivity index (χ3v) is 4.46. The molecule has 0 saturated carbocycles. The van der Waals surface area contributed by atoms with E-state index in [1.54, 1.807) is 18.7 Å². The number of hydrogen-bond donors (Lipinski definition) is 2. The van der Waals surface area contributed by atoms with Crippen molar-refractivity contribution in [1.29, 1.82) is 0 Å². The molecule has 2 N–H and O–H groups in total. The number of aromatic amines is 1. The highest BCUT2D eigenvalue weighted by molar-refractivity contribution is 5.95. The average Bonchev–Trinajstić information content (AvgIpc) is 3.02. The van der Waals surface area contributed by atoms with Crippen LogP contribution < -0.4 is 15.8 Å². The van der Waals surface area contributed by atoms with Crippen molar-refractivity contribution in [3.8, 4) is 0 Å². The molecule has 0 atom stereocenters. The molecular weight excluding hydrogens is 332 g/mol. The highest BCUT2D eigenvalue weighted by Gasteiger charge is 2.21. The summed E-state index contributed by atoms with van der Waals surface area (Å²) in [4.78, 5) is 44.6. The van der Waals surface area contributed by atoms with Gasteiger partial charge in [0.25, 0.3) is 5.56 Å². The Kier molecular flexibility index (Phi) is 5.16. The second-order valence-electron chi connectivity index (χ2n) is 6.49. The van der Waals surface area contributed by atoms with Crippen LogP contribution in [0.3, 0.4) is 0 Å². The largest absolute Gasteiger partial charge is 0.352 e. The molecule has 0 spiro atoms. The molecule has 7 nitrogen and oxygen atoms in total. The number of aryl methyl sites for hydroxylation is 2. The smallest absolute Gasteiger partial charge is 0.254 e. The minimum atomic E-state index is -0.278. The summed E-state index contributed by atoms with van der Waals surface area (Å²) in [6, 6.07) is 7.58. The van der Waals surface area contributed by atoms with Gasteiger partial charge in [-0.2, -0.15) is 0 Å². The lowest BCUT2D eigenvalue weighted by Gasteiger charge is -2.16. The molecule has 0 unspecified atom stereocenters. The van der Waals surface area contributed by atoms with Gasteiger partial charge in [0, 0.05) is 36.5 Å². The standard InChI is InChI=1S/C19H22N4O3/c1-12-16(19(26)22-13(2)21-12)10-17(24)20-11-14-5-3-6-15(9-14)23-8-4-7-18(23)25/h3,5-6,9H,4,7-8,10-11H2,1-2H3,(H,20,24)(H,21,22,26). The van der Waals surface area contributed by atoms with Gasteiger partial charge >= 0.3 is 0 Å². The van der Waals surface area contributed by atoms with Gasteiger partial charge in [0.1, 0.15) is 5.82 Å². The minimum Gasteiger partial charge on any atom is -0.352 e. The van der Waals surface area contributed by atoms with Crippen LogP contribution in [-0.2, 0) is 22.6 Å². The molecule has 2 amide bonds. The lowest BCUT2D eigenvalue weighted by Crippen LogP contribution is -2.29. The van der Waals surface area contributed by atoms with Gasteiger partial charge in [0.15, 0.2) is 0 Å². The Hall–Kier alpha value is -2.96. The van der Waals surface area contributed by atoms with Crippen LogP contribution >= 0.6 is 0 Å². The monoisotopic (exact) mass is 354 g/mol. The fourth-order valence-corrected chi connectivity index (χ4v) is 3.14. The summed E-state index contributed by atoms with van der Waals surface area (Å²) in [6.45, 7) is 4.50. The summed E-state index contributed by atoms with van der Waals surface area (Å²) < 4.78 is 0. The van der Waals surface area contributed by atoms with Crippen LogP contribution in [-0.4, -0.2) is 28.3 Å². The number of anilines is 1. The van der Waals surface area contributed by atoms with E-state index in [9.17, 15) is 14.4 Å². The van der Waals surface area contributed by atoms with Gasteiger partial charge in [-0.15, -0.1) is 0 Å². The van der Waals surface area contributed by atoms with E-state index in [4.69, 9.17) is 0 Å². The van der Waals surface area contributed by atoms with Gasteiger partial charge in [-0.05, 0) is 38.0 Å². The fourth-order valence-electron chi connectivity index (χ4n) is 3.14. The number of rotatable bonds is 5. The molecule has 0 bridgehead atoms. The lowest BCUT2D eigenvalue weighted by molar-refractivity contribution is -0.120. The van der Waals surface area contributed by atoms with E-state index in [-0.39, 0.29) is 23.8 Å². The van der Waals surface area contributed by atoms with Crippen LogP contribution in [0.25, 0.3) is 0 Å². The Labute approximate surface area is 151 Å². The zero-order valence-corrected chi connectivity index (χ0v) is 15.0. The van der Waals surface area contributed by atoms with Gasteiger partial charge in [0.2, 0.25) is 11.8 Å². The first-order valence-electron chi connectivity index (χ1n) is 8.66. The second kappa shape index (κ2) is 7.51. The third kappa shape index (κ3) is 3.99. The van der Waals surface area contributed by atoms with Crippen LogP contribution in [0.4, 0.5) is 5.69 Å². The Bertz CT molecular complexity index is 904. The topological polar surface area (TPSA) is 95.2 Å². The van der Waals surface area contributed by atoms with Crippen LogP contribution in [0.2, 0.25) is 0 Å². The predicted octanol–water partition coefficient (Wildman–Crippen LogP) is 1.37. The number of carbonyl (C=O) groups excluding carboxylic acids is 2. The Morgan fingerprint density at radius 2 is 2.12 bits per heavy atom. The minimum absolute atomic E-state index is 0.0151. The molecule has 0 aliphatic carbocycles. The summed E-state index contributed by atoms with van der Waals surface area (Å²) in [7, 11) is 0. The normalized spacial score (nSPS) is 13.9. The number of carbonyl (C=O) groups is 2. The van der Waals surface area contributed by atoms with Crippen molar-refractivity contribution in [3.63, 3.8) is 0 Å². The molecule has 2 aromatic rings. The molecule has 2 heterocycles. The van der Waals surface area contributed by atoms with E-state index in [0.717, 1.165) is 24.2 Å². The SMILES string of the molecule is Cc1nc(C)c(CC(=O)NCc2cccc(N3CCCC3=O)c2)c(=O)[nH]1. The van der Waals surface area contributed by atoms with E-state index < -0.39 is 0 Å². The molecule has 1 fully saturated rings. The Morgan fingerprint density at radius 3 is 2.81 bits per heavy atom. The van der Waals surface area contributed by atoms with Crippen molar-refractivity contribution in [2.24, 2.45) is 0 Å². The number of hydrogen-bond acceptors (Lipinski definition) is 4. The summed E-state index contributed by atoms with van der Waals surface area (Å²) in [5, 5.41) is 2.82. The van der Waals surface area contributed by atoms with Crippen molar-refractivity contribution in [3.05, 3.63) is 57.3 Å². The Morgan fingerprint density at radius 1 is 1.31 bits per heavy atom. The molecule has 1 saturated heterocycles. The van der Waals surface area contributed by atoms with E-state index in [1.165, 1.54) is 0 Å². The fraction of sp³-hybridized carbons (Fsp3) is 0.368. The number of benzene rings is 1. The summed E-state index contributed by atoms with van der Waals surface area (Å²) in [6.07, 6.45) is 1.44. The lowest BCUT2D eigenvalue weighted by atomic mass is 10.1. The molecule has 3 rings (SSSR count). The van der Waals surface area contributed by atoms with E-state index in [1.807, 2.05) is 24.3 Å². The Balaban J connectivity index is 1.63. The van der Waals surface area contributed by atoms with Crippen molar-refractivity contribution in [2.45, 2.75) is 39.7 Å². The first-order chi connectivity index (χ1) is 12.4. The van der Waals surface area contributed by atoms with Gasteiger partial charge in [-0.1, -0.05) is 12.1 Å². The van der Waals surface area contributed by atoms with Gasteiger partial charge in [-0.25, -0.2) is 4.98 Å². The number of nitrogens with zero attached hydrogens (tertiary/aromatic N) is 2. The van der Waals surface area contributed by atoms with Crippen LogP contribution in [0.5, 0.6) is 0 Å². The molecule has 1 aromatic carbocycles. The number of amides is 2. The molecule has 1 aliphatic heterocycles. The van der Waals surface area contributed by atoms with Crippen molar-refractivity contribution in [2.75, 3.05) is 11.4 Å². The van der Waals surface area contributed by atoms with Gasteiger partial charge in [-0.3, -0.25) is 14.4 Å². The van der Waals surface area contributed by atoms with E-state index in [0.29, 0.717) is 30.0 Å². The van der Waals surface area contributed by atoms with E-state index in [2.05, 4.69) is 15.3 Å². The number of H-pyrrole nitrogens is 1. The molecule has 0 radical (unpaired) electrons. The van der Waals surface area contributed by atoms with Crippen molar-refractivity contribution >= 4 is 17.5 Å². The van der Waals surface area contributed by atoms with Crippen molar-refractivity contribution < 1.29 is 9.59 Å². The van der Waals surface area contributed by atoms with E-state index >= 15 is 0 Å². The number of nitrogens with one attached hydrogen (secondary N) is 2. The van der Waals surface area contributed by atoms with Crippen LogP contribution in [0.15, 0.2) is 29.1 Å². The highest BCUT2D eigenvalue weighted by atomic mass is 16.2. The molecule has 1 aliphatic rings. The predicted molar refractivity (Wildman–Crippen MR) is 97.9 cm³/mol. The molecule has 1 aromatic heterocycles. The number of aromatic nitrogens is 2. The zero-order valence-electron chi connectivity index (χ0n) is 15.0. The van der Waals surface area contributed by atoms with Gasteiger partial charge in [0.05, 0.1) is 6.42 Å². The summed E-state index contributed by atoms with van der Waals surface area (Å²) >= 11 is 0. The second-order valence-corrected chi connectivity index (χ2v) is 6.49. The average molecular weight is 354 g/mol. The quantitative estimate of drug-likeness (QED) is 0.848. The first kappa shape index (κ1) is 17.8. The van der Waals surface area contributed by atoms with Crippen molar-refractivity contribution in [1.82, 2.24) is 15.3 Å². The summed E-state index contributed by atoms with van der Waals surface area (Å²) in [5.41, 5.74) is 2.43. The zero-order chi connectivity index (χ0) is 18.7. The van der Waals surface area contributed by atoms with Gasteiger partial charge < -0.3 is 15.2 Å². The highest BCUT2D eigenvalue weighted by Crippen LogP contribution is 2.22. The molecule has 26 heavy (non-hydrogen) atoms.